The number of phenols is 1. The maximum absolute atomic E-state index is 10.8. The summed E-state index contributed by atoms with van der Waals surface area (Å²) in [6.07, 6.45) is 0. The van der Waals surface area contributed by atoms with E-state index in [4.69, 9.17) is 67.8 Å². The molecule has 0 heterocycles. The Morgan fingerprint density at radius 3 is 1.56 bits per heavy atom. The third-order valence-electron chi connectivity index (χ3n) is 4.79. The molecule has 13 heteroatoms. The van der Waals surface area contributed by atoms with Crippen LogP contribution < -0.4 is 4.74 Å². The topological polar surface area (TPSA) is 116 Å². The van der Waals surface area contributed by atoms with Crippen LogP contribution in [0.25, 0.3) is 0 Å². The van der Waals surface area contributed by atoms with E-state index in [-0.39, 0.29) is 27.2 Å². The number of halogens is 5. The lowest BCUT2D eigenvalue weighted by Crippen LogP contribution is -1.94. The predicted octanol–water partition coefficient (Wildman–Crippen LogP) is 10.3. The van der Waals surface area contributed by atoms with Crippen molar-refractivity contribution in [3.63, 3.8) is 0 Å². The second-order valence-corrected chi connectivity index (χ2v) is 9.66. The van der Waals surface area contributed by atoms with E-state index in [9.17, 15) is 20.2 Å². The molecule has 4 rings (SSSR count). The fourth-order valence-corrected chi connectivity index (χ4v) is 3.73. The molecule has 0 saturated heterocycles. The molecule has 0 aliphatic rings. The number of aromatic hydroxyl groups is 1. The number of nitro benzene ring substituents is 2. The Morgan fingerprint density at radius 1 is 0.615 bits per heavy atom. The lowest BCUT2D eigenvalue weighted by Gasteiger charge is -2.10. The van der Waals surface area contributed by atoms with Crippen LogP contribution in [0.2, 0.25) is 25.1 Å². The minimum atomic E-state index is -0.489. The van der Waals surface area contributed by atoms with Crippen LogP contribution in [-0.2, 0) is 0 Å². The molecule has 8 nitrogen and oxygen atoms in total. The van der Waals surface area contributed by atoms with E-state index < -0.39 is 9.85 Å². The summed E-state index contributed by atoms with van der Waals surface area (Å²) >= 11 is 28.6. The van der Waals surface area contributed by atoms with Crippen molar-refractivity contribution >= 4 is 69.4 Å². The quantitative estimate of drug-likeness (QED) is 0.177. The summed E-state index contributed by atoms with van der Waals surface area (Å²) in [5.74, 6) is 0.909. The standard InChI is InChI=1S/C13H9Cl2NO3.C7H5Cl2NO2.C6H5ClO/c1-8-6-13(10(15)7-11(8)16(17)18)19-12-5-3-2-4-9(12)14;1-4-2-5(8)6(9)3-7(4)10(11)12;7-5-3-1-2-4-6(5)8/h2-7H,1H3;2-3H,1H3;1-4,8H. The van der Waals surface area contributed by atoms with Gasteiger partial charge in [-0.15, -0.1) is 0 Å². The molecule has 0 saturated carbocycles. The van der Waals surface area contributed by atoms with Crippen LogP contribution in [0.15, 0.2) is 72.8 Å². The van der Waals surface area contributed by atoms with Gasteiger partial charge < -0.3 is 9.84 Å². The van der Waals surface area contributed by atoms with Gasteiger partial charge in [-0.3, -0.25) is 20.2 Å². The van der Waals surface area contributed by atoms with Crippen molar-refractivity contribution in [1.82, 2.24) is 0 Å². The largest absolute Gasteiger partial charge is 0.506 e. The van der Waals surface area contributed by atoms with Crippen molar-refractivity contribution in [2.75, 3.05) is 0 Å². The van der Waals surface area contributed by atoms with E-state index in [1.54, 1.807) is 62.4 Å². The van der Waals surface area contributed by atoms with Crippen molar-refractivity contribution in [2.24, 2.45) is 0 Å². The summed E-state index contributed by atoms with van der Waals surface area (Å²) in [4.78, 5) is 20.2. The monoisotopic (exact) mass is 630 g/mol. The minimum absolute atomic E-state index is 0.00981. The summed E-state index contributed by atoms with van der Waals surface area (Å²) in [6.45, 7) is 3.23. The molecular weight excluding hydrogens is 614 g/mol. The highest BCUT2D eigenvalue weighted by Crippen LogP contribution is 2.37. The second-order valence-electron chi connectivity index (χ2n) is 7.62. The number of nitro groups is 2. The molecule has 1 N–H and O–H groups in total. The number of nitrogens with zero attached hydrogens (tertiary/aromatic N) is 2. The lowest BCUT2D eigenvalue weighted by atomic mass is 10.2. The maximum Gasteiger partial charge on any atom is 0.274 e. The molecule has 4 aromatic rings. The summed E-state index contributed by atoms with van der Waals surface area (Å²) in [7, 11) is 0. The van der Waals surface area contributed by atoms with Crippen LogP contribution in [0.3, 0.4) is 0 Å². The van der Waals surface area contributed by atoms with Gasteiger partial charge >= 0.3 is 0 Å². The summed E-state index contributed by atoms with van der Waals surface area (Å²) < 4.78 is 5.57. The third-order valence-corrected chi connectivity index (χ3v) is 6.44. The highest BCUT2D eigenvalue weighted by Gasteiger charge is 2.16. The van der Waals surface area contributed by atoms with Gasteiger partial charge in [-0.25, -0.2) is 0 Å². The number of hydrogen-bond donors (Lipinski definition) is 1. The fourth-order valence-electron chi connectivity index (χ4n) is 2.85. The van der Waals surface area contributed by atoms with Crippen molar-refractivity contribution < 1.29 is 19.7 Å². The van der Waals surface area contributed by atoms with Gasteiger partial charge in [-0.1, -0.05) is 82.3 Å². The summed E-state index contributed by atoms with van der Waals surface area (Å²) in [5.41, 5.74) is 0.923. The highest BCUT2D eigenvalue weighted by molar-refractivity contribution is 6.42. The predicted molar refractivity (Wildman–Crippen MR) is 155 cm³/mol. The third kappa shape index (κ3) is 9.45. The van der Waals surface area contributed by atoms with Gasteiger partial charge in [-0.2, -0.15) is 0 Å². The van der Waals surface area contributed by atoms with E-state index in [2.05, 4.69) is 0 Å². The molecule has 0 unspecified atom stereocenters. The first-order valence-corrected chi connectivity index (χ1v) is 12.6. The molecule has 0 radical (unpaired) electrons. The van der Waals surface area contributed by atoms with Crippen molar-refractivity contribution in [3.8, 4) is 17.2 Å². The van der Waals surface area contributed by atoms with Gasteiger partial charge in [0.15, 0.2) is 0 Å². The van der Waals surface area contributed by atoms with Crippen molar-refractivity contribution in [2.45, 2.75) is 13.8 Å². The smallest absolute Gasteiger partial charge is 0.274 e. The van der Waals surface area contributed by atoms with Crippen LogP contribution >= 0.6 is 58.0 Å². The zero-order chi connectivity index (χ0) is 29.3. The number of aryl methyl sites for hydroxylation is 2. The van der Waals surface area contributed by atoms with Crippen LogP contribution in [0.5, 0.6) is 17.2 Å². The summed E-state index contributed by atoms with van der Waals surface area (Å²) in [6, 6.07) is 19.1. The van der Waals surface area contributed by atoms with Gasteiger partial charge in [0.2, 0.25) is 0 Å². The molecule has 0 fully saturated rings. The van der Waals surface area contributed by atoms with Gasteiger partial charge in [0.1, 0.15) is 17.2 Å². The molecule has 0 atom stereocenters. The zero-order valence-corrected chi connectivity index (χ0v) is 24.0. The lowest BCUT2D eigenvalue weighted by molar-refractivity contribution is -0.385. The van der Waals surface area contributed by atoms with Gasteiger partial charge in [-0.05, 0) is 50.2 Å². The summed E-state index contributed by atoms with van der Waals surface area (Å²) in [5, 5.41) is 31.5. The van der Waals surface area contributed by atoms with E-state index >= 15 is 0 Å². The maximum atomic E-state index is 10.8. The molecule has 0 bridgehead atoms. The average molecular weight is 633 g/mol. The molecule has 0 spiro atoms. The van der Waals surface area contributed by atoms with Crippen LogP contribution in [-0.4, -0.2) is 15.0 Å². The first kappa shape index (κ1) is 31.9. The normalized spacial score (nSPS) is 9.92. The number of benzene rings is 4. The van der Waals surface area contributed by atoms with Gasteiger partial charge in [0.25, 0.3) is 11.4 Å². The Balaban J connectivity index is 0.000000227. The molecule has 0 aromatic heterocycles. The fraction of sp³-hybridized carbons (Fsp3) is 0.0769. The molecule has 0 amide bonds. The molecule has 0 aliphatic carbocycles. The first-order valence-electron chi connectivity index (χ1n) is 10.7. The Labute approximate surface area is 248 Å². The Hall–Kier alpha value is -3.27. The second kappa shape index (κ2) is 14.8. The van der Waals surface area contributed by atoms with Crippen LogP contribution in [0, 0.1) is 34.1 Å². The van der Waals surface area contributed by atoms with E-state index in [1.807, 2.05) is 0 Å². The first-order chi connectivity index (χ1) is 18.3. The van der Waals surface area contributed by atoms with Crippen LogP contribution in [0.4, 0.5) is 11.4 Å². The Morgan fingerprint density at radius 2 is 1.08 bits per heavy atom. The Kier molecular flexibility index (Phi) is 12.1. The highest BCUT2D eigenvalue weighted by atomic mass is 35.5. The number of rotatable bonds is 4. The number of phenolic OH excluding ortho intramolecular Hbond substituents is 1. The van der Waals surface area contributed by atoms with E-state index in [0.717, 1.165) is 0 Å². The molecule has 0 aliphatic heterocycles. The molecular formula is C26H19Cl5N2O6. The Bertz CT molecular complexity index is 1480. The van der Waals surface area contributed by atoms with Gasteiger partial charge in [0, 0.05) is 23.3 Å². The molecule has 204 valence electrons. The zero-order valence-electron chi connectivity index (χ0n) is 20.2. The van der Waals surface area contributed by atoms with Gasteiger partial charge in [0.05, 0.1) is 35.0 Å². The minimum Gasteiger partial charge on any atom is -0.506 e. The number of para-hydroxylation sites is 2. The van der Waals surface area contributed by atoms with Crippen molar-refractivity contribution in [1.29, 1.82) is 0 Å². The SMILES string of the molecule is Cc1cc(Cl)c(Cl)cc1[N+](=O)[O-].Cc1cc(Oc2ccccc2Cl)c(Cl)cc1[N+](=O)[O-].Oc1ccccc1Cl. The van der Waals surface area contributed by atoms with Crippen LogP contribution in [0.1, 0.15) is 11.1 Å². The van der Waals surface area contributed by atoms with E-state index in [0.29, 0.717) is 37.7 Å². The number of ether oxygens (including phenoxy) is 1. The number of hydrogen-bond acceptors (Lipinski definition) is 6. The van der Waals surface area contributed by atoms with E-state index in [1.165, 1.54) is 24.3 Å². The van der Waals surface area contributed by atoms with Crippen molar-refractivity contribution in [3.05, 3.63) is 129 Å². The molecule has 4 aromatic carbocycles. The molecule has 39 heavy (non-hydrogen) atoms. The average Bonchev–Trinajstić information content (AvgIpc) is 2.87.